The summed E-state index contributed by atoms with van der Waals surface area (Å²) in [5, 5.41) is 17.2. The molecule has 0 radical (unpaired) electrons. The molecule has 0 aromatic rings. The molecule has 22 heavy (non-hydrogen) atoms. The first kappa shape index (κ1) is 20.6. The van der Waals surface area contributed by atoms with E-state index in [0.717, 1.165) is 51.0 Å². The van der Waals surface area contributed by atoms with E-state index in [1.165, 1.54) is 18.9 Å². The van der Waals surface area contributed by atoms with Gasteiger partial charge in [0.2, 0.25) is 0 Å². The monoisotopic (exact) mass is 310 g/mol. The van der Waals surface area contributed by atoms with Crippen molar-refractivity contribution >= 4 is 5.97 Å². The van der Waals surface area contributed by atoms with Crippen LogP contribution in [0.5, 0.6) is 0 Å². The van der Waals surface area contributed by atoms with Crippen LogP contribution in [-0.2, 0) is 9.68 Å². The molecular weight excluding hydrogens is 280 g/mol. The van der Waals surface area contributed by atoms with Crippen molar-refractivity contribution in [2.24, 2.45) is 0 Å². The lowest BCUT2D eigenvalue weighted by Crippen LogP contribution is -2.10. The van der Waals surface area contributed by atoms with Crippen LogP contribution in [0.1, 0.15) is 64.7 Å². The van der Waals surface area contributed by atoms with E-state index in [-0.39, 0.29) is 6.10 Å². The molecule has 0 aromatic heterocycles. The van der Waals surface area contributed by atoms with Crippen LogP contribution in [0.25, 0.3) is 0 Å². The molecule has 0 rings (SSSR count). The summed E-state index contributed by atoms with van der Waals surface area (Å²) in [4.78, 5) is 14.7. The predicted molar refractivity (Wildman–Crippen MR) is 89.8 cm³/mol. The highest BCUT2D eigenvalue weighted by atomic mass is 17.1. The second-order valence-electron chi connectivity index (χ2n) is 5.37. The average Bonchev–Trinajstić information content (AvgIpc) is 2.50. The molecule has 0 aliphatic heterocycles. The standard InChI is InChI=1S/C18H30O4/c1-2-3-11-14-17(22-21)15-12-9-7-5-4-6-8-10-13-16-18(19)20/h4,6,8,10,13,16-17,21H,2-3,5,7,9,11-12,14-15H2,1H3,(H,19,20). The smallest absolute Gasteiger partial charge is 0.328 e. The molecule has 0 aliphatic rings. The molecule has 126 valence electrons. The molecule has 0 amide bonds. The van der Waals surface area contributed by atoms with Gasteiger partial charge in [-0.25, -0.2) is 9.68 Å². The van der Waals surface area contributed by atoms with Gasteiger partial charge in [0.1, 0.15) is 0 Å². The largest absolute Gasteiger partial charge is 0.478 e. The zero-order valence-corrected chi connectivity index (χ0v) is 13.6. The maximum absolute atomic E-state index is 10.2. The van der Waals surface area contributed by atoms with Crippen LogP contribution in [-0.4, -0.2) is 22.4 Å². The zero-order valence-electron chi connectivity index (χ0n) is 13.6. The number of hydrogen-bond acceptors (Lipinski definition) is 3. The Labute approximate surface area is 134 Å². The quantitative estimate of drug-likeness (QED) is 0.153. The van der Waals surface area contributed by atoms with E-state index in [4.69, 9.17) is 10.4 Å². The Bertz CT molecular complexity index is 345. The van der Waals surface area contributed by atoms with Crippen molar-refractivity contribution in [1.82, 2.24) is 0 Å². The Morgan fingerprint density at radius 3 is 2.32 bits per heavy atom. The predicted octanol–water partition coefficient (Wildman–Crippen LogP) is 5.13. The fraction of sp³-hybridized carbons (Fsp3) is 0.611. The first-order chi connectivity index (χ1) is 10.7. The molecule has 0 spiro atoms. The Morgan fingerprint density at radius 2 is 1.68 bits per heavy atom. The molecule has 4 heteroatoms. The van der Waals surface area contributed by atoms with Crippen molar-refractivity contribution in [3.8, 4) is 0 Å². The maximum Gasteiger partial charge on any atom is 0.328 e. The Kier molecular flexibility index (Phi) is 15.0. The average molecular weight is 310 g/mol. The first-order valence-corrected chi connectivity index (χ1v) is 8.23. The van der Waals surface area contributed by atoms with E-state index in [1.807, 2.05) is 12.2 Å². The fourth-order valence-corrected chi connectivity index (χ4v) is 2.12. The molecule has 0 heterocycles. The molecule has 0 bridgehead atoms. The summed E-state index contributed by atoms with van der Waals surface area (Å²) in [6, 6.07) is 0. The van der Waals surface area contributed by atoms with Crippen LogP contribution in [0, 0.1) is 0 Å². The topological polar surface area (TPSA) is 66.8 Å². The van der Waals surface area contributed by atoms with Crippen LogP contribution in [0.15, 0.2) is 36.5 Å². The first-order valence-electron chi connectivity index (χ1n) is 8.23. The highest BCUT2D eigenvalue weighted by Crippen LogP contribution is 2.14. The van der Waals surface area contributed by atoms with E-state index >= 15 is 0 Å². The number of allylic oxidation sites excluding steroid dienone is 5. The summed E-state index contributed by atoms with van der Waals surface area (Å²) in [7, 11) is 0. The third-order valence-electron chi connectivity index (χ3n) is 3.38. The maximum atomic E-state index is 10.2. The van der Waals surface area contributed by atoms with Crippen molar-refractivity contribution in [3.05, 3.63) is 36.5 Å². The third kappa shape index (κ3) is 15.0. The van der Waals surface area contributed by atoms with Gasteiger partial charge in [0, 0.05) is 6.08 Å². The molecule has 1 atom stereocenters. The number of carboxylic acids is 1. The molecule has 4 nitrogen and oxygen atoms in total. The third-order valence-corrected chi connectivity index (χ3v) is 3.38. The number of aliphatic carboxylic acids is 1. The lowest BCUT2D eigenvalue weighted by Gasteiger charge is -2.12. The van der Waals surface area contributed by atoms with Crippen molar-refractivity contribution in [2.45, 2.75) is 70.8 Å². The number of carboxylic acid groups (broad SMARTS) is 1. The Morgan fingerprint density at radius 1 is 1.00 bits per heavy atom. The highest BCUT2D eigenvalue weighted by Gasteiger charge is 2.07. The van der Waals surface area contributed by atoms with Crippen LogP contribution >= 0.6 is 0 Å². The minimum Gasteiger partial charge on any atom is -0.478 e. The number of hydrogen-bond donors (Lipinski definition) is 2. The molecule has 1 unspecified atom stereocenters. The molecule has 0 aliphatic carbocycles. The van der Waals surface area contributed by atoms with E-state index in [1.54, 1.807) is 6.08 Å². The van der Waals surface area contributed by atoms with E-state index in [2.05, 4.69) is 17.9 Å². The van der Waals surface area contributed by atoms with Gasteiger partial charge < -0.3 is 5.11 Å². The molecule has 0 saturated heterocycles. The van der Waals surface area contributed by atoms with E-state index in [0.29, 0.717) is 0 Å². The van der Waals surface area contributed by atoms with Gasteiger partial charge in [-0.3, -0.25) is 5.26 Å². The van der Waals surface area contributed by atoms with Crippen LogP contribution in [0.3, 0.4) is 0 Å². The molecular formula is C18H30O4. The van der Waals surface area contributed by atoms with Gasteiger partial charge in [0.15, 0.2) is 0 Å². The minimum absolute atomic E-state index is 0.00829. The minimum atomic E-state index is -0.937. The summed E-state index contributed by atoms with van der Waals surface area (Å²) in [5.74, 6) is -0.937. The lowest BCUT2D eigenvalue weighted by atomic mass is 10.0. The van der Waals surface area contributed by atoms with Gasteiger partial charge >= 0.3 is 5.97 Å². The van der Waals surface area contributed by atoms with Gasteiger partial charge in [0.05, 0.1) is 6.10 Å². The van der Waals surface area contributed by atoms with Crippen molar-refractivity contribution in [3.63, 3.8) is 0 Å². The van der Waals surface area contributed by atoms with Crippen molar-refractivity contribution < 1.29 is 20.0 Å². The molecule has 0 saturated carbocycles. The van der Waals surface area contributed by atoms with E-state index < -0.39 is 5.97 Å². The number of rotatable bonds is 14. The Hall–Kier alpha value is -1.39. The second-order valence-corrected chi connectivity index (χ2v) is 5.37. The number of unbranched alkanes of at least 4 members (excludes halogenated alkanes) is 5. The fourth-order valence-electron chi connectivity index (χ4n) is 2.12. The number of carbonyl (C=O) groups is 1. The SMILES string of the molecule is CCCCCC(CCCCCC=CC=CC=CC(=O)O)OO. The van der Waals surface area contributed by atoms with Crippen molar-refractivity contribution in [2.75, 3.05) is 0 Å². The Balaban J connectivity index is 3.53. The van der Waals surface area contributed by atoms with Gasteiger partial charge in [-0.2, -0.15) is 0 Å². The summed E-state index contributed by atoms with van der Waals surface area (Å²) >= 11 is 0. The summed E-state index contributed by atoms with van der Waals surface area (Å²) in [6.07, 6.45) is 19.8. The molecule has 0 aromatic carbocycles. The second kappa shape index (κ2) is 16.0. The van der Waals surface area contributed by atoms with Crippen LogP contribution < -0.4 is 0 Å². The molecule has 2 N–H and O–H groups in total. The normalized spacial score (nSPS) is 13.5. The molecule has 0 fully saturated rings. The highest BCUT2D eigenvalue weighted by molar-refractivity contribution is 5.80. The van der Waals surface area contributed by atoms with Gasteiger partial charge in [-0.1, -0.05) is 69.4 Å². The summed E-state index contributed by atoms with van der Waals surface area (Å²) < 4.78 is 0. The van der Waals surface area contributed by atoms with Crippen molar-refractivity contribution in [1.29, 1.82) is 0 Å². The van der Waals surface area contributed by atoms with Crippen LogP contribution in [0.2, 0.25) is 0 Å². The van der Waals surface area contributed by atoms with Gasteiger partial charge in [0.25, 0.3) is 0 Å². The van der Waals surface area contributed by atoms with E-state index in [9.17, 15) is 4.79 Å². The summed E-state index contributed by atoms with van der Waals surface area (Å²) in [5.41, 5.74) is 0. The zero-order chi connectivity index (χ0) is 16.5. The lowest BCUT2D eigenvalue weighted by molar-refractivity contribution is -0.281. The summed E-state index contributed by atoms with van der Waals surface area (Å²) in [6.45, 7) is 2.17. The van der Waals surface area contributed by atoms with Gasteiger partial charge in [-0.05, 0) is 25.7 Å². The van der Waals surface area contributed by atoms with Gasteiger partial charge in [-0.15, -0.1) is 0 Å². The van der Waals surface area contributed by atoms with Crippen LogP contribution in [0.4, 0.5) is 0 Å².